The van der Waals surface area contributed by atoms with Crippen molar-refractivity contribution in [1.29, 1.82) is 0 Å². The number of hydrogen-bond donors (Lipinski definition) is 1. The fraction of sp³-hybridized carbons (Fsp3) is 0.556. The molecule has 0 aliphatic carbocycles. The maximum Gasteiger partial charge on any atom is 0.0931 e. The van der Waals surface area contributed by atoms with E-state index in [-0.39, 0.29) is 0 Å². The maximum absolute atomic E-state index is 5.84. The summed E-state index contributed by atoms with van der Waals surface area (Å²) < 4.78 is 6.45. The molecule has 0 aromatic carbocycles. The molecule has 0 saturated carbocycles. The van der Waals surface area contributed by atoms with E-state index in [1.165, 1.54) is 4.88 Å². The van der Waals surface area contributed by atoms with Crippen LogP contribution < -0.4 is 5.32 Å². The lowest BCUT2D eigenvalue weighted by Crippen LogP contribution is -2.39. The highest BCUT2D eigenvalue weighted by molar-refractivity contribution is 7.16. The van der Waals surface area contributed by atoms with Crippen molar-refractivity contribution in [2.75, 3.05) is 19.7 Å². The molecule has 2 rings (SSSR count). The number of halogens is 1. The number of morpholine rings is 1. The summed E-state index contributed by atoms with van der Waals surface area (Å²) in [5.74, 6) is 0. The van der Waals surface area contributed by atoms with Gasteiger partial charge in [-0.2, -0.15) is 0 Å². The SMILES string of the molecule is Clc1ccc(CC2CNCCO2)s1. The van der Waals surface area contributed by atoms with Gasteiger partial charge in [0, 0.05) is 24.4 Å². The Morgan fingerprint density at radius 2 is 2.54 bits per heavy atom. The van der Waals surface area contributed by atoms with Crippen LogP contribution in [0.25, 0.3) is 0 Å². The minimum Gasteiger partial charge on any atom is -0.375 e. The highest BCUT2D eigenvalue weighted by Gasteiger charge is 2.14. The first kappa shape index (κ1) is 9.46. The quantitative estimate of drug-likeness (QED) is 0.818. The van der Waals surface area contributed by atoms with Crippen molar-refractivity contribution in [3.63, 3.8) is 0 Å². The molecule has 0 spiro atoms. The van der Waals surface area contributed by atoms with Gasteiger partial charge in [-0.1, -0.05) is 11.6 Å². The predicted octanol–water partition coefficient (Wildman–Crippen LogP) is 1.93. The lowest BCUT2D eigenvalue weighted by Gasteiger charge is -2.22. The molecule has 1 saturated heterocycles. The molecule has 0 radical (unpaired) electrons. The standard InChI is InChI=1S/C9H12ClNOS/c10-9-2-1-8(13-9)5-7-6-11-3-4-12-7/h1-2,7,11H,3-6H2. The van der Waals surface area contributed by atoms with Crippen molar-refractivity contribution < 1.29 is 4.74 Å². The van der Waals surface area contributed by atoms with Crippen LogP contribution >= 0.6 is 22.9 Å². The minimum atomic E-state index is 0.323. The van der Waals surface area contributed by atoms with E-state index in [0.29, 0.717) is 6.10 Å². The van der Waals surface area contributed by atoms with Crippen LogP contribution in [0.5, 0.6) is 0 Å². The third-order valence-electron chi connectivity index (χ3n) is 2.06. The fourth-order valence-corrected chi connectivity index (χ4v) is 2.59. The zero-order chi connectivity index (χ0) is 9.10. The molecule has 1 aliphatic rings. The van der Waals surface area contributed by atoms with Gasteiger partial charge in [0.05, 0.1) is 17.0 Å². The third-order valence-corrected chi connectivity index (χ3v) is 3.32. The van der Waals surface area contributed by atoms with Gasteiger partial charge in [0.1, 0.15) is 0 Å². The van der Waals surface area contributed by atoms with Crippen LogP contribution in [-0.2, 0) is 11.2 Å². The van der Waals surface area contributed by atoms with E-state index >= 15 is 0 Å². The normalized spacial score (nSPS) is 23.3. The number of rotatable bonds is 2. The average Bonchev–Trinajstić information content (AvgIpc) is 2.53. The molecule has 13 heavy (non-hydrogen) atoms. The zero-order valence-electron chi connectivity index (χ0n) is 7.25. The van der Waals surface area contributed by atoms with Gasteiger partial charge in [-0.25, -0.2) is 0 Å². The van der Waals surface area contributed by atoms with Crippen LogP contribution in [0.4, 0.5) is 0 Å². The lowest BCUT2D eigenvalue weighted by molar-refractivity contribution is 0.0297. The largest absolute Gasteiger partial charge is 0.375 e. The Balaban J connectivity index is 1.89. The van der Waals surface area contributed by atoms with Gasteiger partial charge in [0.2, 0.25) is 0 Å². The molecule has 1 atom stereocenters. The molecule has 1 fully saturated rings. The van der Waals surface area contributed by atoms with Crippen molar-refractivity contribution in [3.05, 3.63) is 21.3 Å². The van der Waals surface area contributed by atoms with Gasteiger partial charge in [-0.15, -0.1) is 11.3 Å². The second kappa shape index (κ2) is 4.42. The first-order valence-corrected chi connectivity index (χ1v) is 5.60. The summed E-state index contributed by atoms with van der Waals surface area (Å²) >= 11 is 7.48. The Bertz CT molecular complexity index is 270. The molecule has 72 valence electrons. The summed E-state index contributed by atoms with van der Waals surface area (Å²) in [5, 5.41) is 3.31. The summed E-state index contributed by atoms with van der Waals surface area (Å²) in [7, 11) is 0. The highest BCUT2D eigenvalue weighted by Crippen LogP contribution is 2.23. The molecule has 1 N–H and O–H groups in total. The molecule has 1 aliphatic heterocycles. The van der Waals surface area contributed by atoms with Crippen molar-refractivity contribution >= 4 is 22.9 Å². The maximum atomic E-state index is 5.84. The Morgan fingerprint density at radius 3 is 3.15 bits per heavy atom. The van der Waals surface area contributed by atoms with E-state index in [2.05, 4.69) is 11.4 Å². The van der Waals surface area contributed by atoms with Crippen LogP contribution in [0.15, 0.2) is 12.1 Å². The Morgan fingerprint density at radius 1 is 1.62 bits per heavy atom. The highest BCUT2D eigenvalue weighted by atomic mass is 35.5. The molecule has 0 bridgehead atoms. The molecule has 1 aromatic heterocycles. The van der Waals surface area contributed by atoms with Gasteiger partial charge in [0.25, 0.3) is 0 Å². The molecule has 2 heterocycles. The number of nitrogens with one attached hydrogen (secondary N) is 1. The zero-order valence-corrected chi connectivity index (χ0v) is 8.83. The van der Waals surface area contributed by atoms with Crippen LogP contribution in [-0.4, -0.2) is 25.8 Å². The lowest BCUT2D eigenvalue weighted by atomic mass is 10.2. The molecule has 4 heteroatoms. The molecule has 1 unspecified atom stereocenters. The smallest absolute Gasteiger partial charge is 0.0931 e. The van der Waals surface area contributed by atoms with Gasteiger partial charge in [-0.3, -0.25) is 0 Å². The molecule has 2 nitrogen and oxygen atoms in total. The minimum absolute atomic E-state index is 0.323. The van der Waals surface area contributed by atoms with Crippen molar-refractivity contribution in [2.45, 2.75) is 12.5 Å². The summed E-state index contributed by atoms with van der Waals surface area (Å²) in [4.78, 5) is 1.30. The summed E-state index contributed by atoms with van der Waals surface area (Å²) in [6, 6.07) is 4.02. The van der Waals surface area contributed by atoms with E-state index in [1.807, 2.05) is 6.07 Å². The predicted molar refractivity (Wildman–Crippen MR) is 55.6 cm³/mol. The molecule has 1 aromatic rings. The van der Waals surface area contributed by atoms with E-state index in [0.717, 1.165) is 30.5 Å². The van der Waals surface area contributed by atoms with E-state index in [1.54, 1.807) is 11.3 Å². The second-order valence-corrected chi connectivity index (χ2v) is 4.91. The van der Waals surface area contributed by atoms with Gasteiger partial charge in [-0.05, 0) is 12.1 Å². The average molecular weight is 218 g/mol. The fourth-order valence-electron chi connectivity index (χ4n) is 1.44. The van der Waals surface area contributed by atoms with Crippen molar-refractivity contribution in [2.24, 2.45) is 0 Å². The Kier molecular flexibility index (Phi) is 3.22. The molecule has 0 amide bonds. The topological polar surface area (TPSA) is 21.3 Å². The summed E-state index contributed by atoms with van der Waals surface area (Å²) in [6.45, 7) is 2.75. The molecular formula is C9H12ClNOS. The van der Waals surface area contributed by atoms with Gasteiger partial charge < -0.3 is 10.1 Å². The number of thiophene rings is 1. The number of hydrogen-bond acceptors (Lipinski definition) is 3. The summed E-state index contributed by atoms with van der Waals surface area (Å²) in [6.07, 6.45) is 1.30. The summed E-state index contributed by atoms with van der Waals surface area (Å²) in [5.41, 5.74) is 0. The van der Waals surface area contributed by atoms with E-state index < -0.39 is 0 Å². The molecular weight excluding hydrogens is 206 g/mol. The van der Waals surface area contributed by atoms with Crippen LogP contribution in [0, 0.1) is 0 Å². The Labute approximate surface area is 86.9 Å². The van der Waals surface area contributed by atoms with Crippen LogP contribution in [0.3, 0.4) is 0 Å². The second-order valence-electron chi connectivity index (χ2n) is 3.11. The van der Waals surface area contributed by atoms with E-state index in [4.69, 9.17) is 16.3 Å². The third kappa shape index (κ3) is 2.68. The first-order valence-electron chi connectivity index (χ1n) is 4.41. The van der Waals surface area contributed by atoms with Crippen LogP contribution in [0.2, 0.25) is 4.34 Å². The Hall–Kier alpha value is -0.0900. The van der Waals surface area contributed by atoms with Gasteiger partial charge in [0.15, 0.2) is 0 Å². The van der Waals surface area contributed by atoms with Crippen molar-refractivity contribution in [1.82, 2.24) is 5.32 Å². The van der Waals surface area contributed by atoms with Crippen molar-refractivity contribution in [3.8, 4) is 0 Å². The monoisotopic (exact) mass is 217 g/mol. The van der Waals surface area contributed by atoms with Crippen LogP contribution in [0.1, 0.15) is 4.88 Å². The number of ether oxygens (including phenoxy) is 1. The van der Waals surface area contributed by atoms with E-state index in [9.17, 15) is 0 Å². The van der Waals surface area contributed by atoms with Gasteiger partial charge >= 0.3 is 0 Å². The first-order chi connectivity index (χ1) is 6.34.